The number of hydrogen-bond acceptors (Lipinski definition) is 3. The van der Waals surface area contributed by atoms with Crippen molar-refractivity contribution in [3.05, 3.63) is 22.6 Å². The molecule has 1 amide bonds. The van der Waals surface area contributed by atoms with Crippen LogP contribution in [0.25, 0.3) is 0 Å². The van der Waals surface area contributed by atoms with Crippen LogP contribution in [0.15, 0.2) is 21.2 Å². The van der Waals surface area contributed by atoms with Crippen molar-refractivity contribution < 1.29 is 9.21 Å². The highest BCUT2D eigenvalue weighted by atomic mass is 79.9. The predicted octanol–water partition coefficient (Wildman–Crippen LogP) is 1.27. The number of carbonyl (C=O) groups is 1. The summed E-state index contributed by atoms with van der Waals surface area (Å²) in [5.74, 6) is 0.805. The van der Waals surface area contributed by atoms with Gasteiger partial charge in [0.25, 0.3) is 0 Å². The molecule has 0 saturated heterocycles. The van der Waals surface area contributed by atoms with Crippen molar-refractivity contribution in [2.24, 2.45) is 0 Å². The number of hydrogen-bond donors (Lipinski definition) is 2. The van der Waals surface area contributed by atoms with Crippen LogP contribution in [0.3, 0.4) is 0 Å². The topological polar surface area (TPSA) is 54.3 Å². The van der Waals surface area contributed by atoms with Crippen LogP contribution in [0, 0.1) is 0 Å². The van der Waals surface area contributed by atoms with Crippen LogP contribution < -0.4 is 10.6 Å². The summed E-state index contributed by atoms with van der Waals surface area (Å²) in [6.45, 7) is 3.42. The zero-order valence-corrected chi connectivity index (χ0v) is 9.56. The van der Waals surface area contributed by atoms with E-state index in [1.165, 1.54) is 0 Å². The Labute approximate surface area is 91.2 Å². The summed E-state index contributed by atoms with van der Waals surface area (Å²) in [5.41, 5.74) is 0. The van der Waals surface area contributed by atoms with E-state index in [0.717, 1.165) is 5.76 Å². The molecule has 14 heavy (non-hydrogen) atoms. The van der Waals surface area contributed by atoms with E-state index in [4.69, 9.17) is 4.42 Å². The van der Waals surface area contributed by atoms with Crippen LogP contribution >= 0.6 is 15.9 Å². The largest absolute Gasteiger partial charge is 0.453 e. The Kier molecular flexibility index (Phi) is 4.69. The van der Waals surface area contributed by atoms with Crippen molar-refractivity contribution in [3.63, 3.8) is 0 Å². The Morgan fingerprint density at radius 1 is 1.57 bits per heavy atom. The lowest BCUT2D eigenvalue weighted by Gasteiger charge is -2.02. The molecule has 0 unspecified atom stereocenters. The predicted molar refractivity (Wildman–Crippen MR) is 56.8 cm³/mol. The molecule has 78 valence electrons. The van der Waals surface area contributed by atoms with E-state index in [-0.39, 0.29) is 5.91 Å². The highest BCUT2D eigenvalue weighted by molar-refractivity contribution is 9.10. The number of likely N-dealkylation sites (N-methyl/N-ethyl adjacent to an activating group) is 1. The van der Waals surface area contributed by atoms with Gasteiger partial charge in [-0.25, -0.2) is 0 Å². The fourth-order valence-corrected chi connectivity index (χ4v) is 1.35. The second-order valence-electron chi connectivity index (χ2n) is 2.76. The van der Waals surface area contributed by atoms with Crippen LogP contribution in [0.2, 0.25) is 0 Å². The fourth-order valence-electron chi connectivity index (χ4n) is 1.01. The van der Waals surface area contributed by atoms with Crippen molar-refractivity contribution in [2.45, 2.75) is 13.5 Å². The first kappa shape index (κ1) is 11.3. The minimum atomic E-state index is -0.00174. The molecule has 0 aliphatic heterocycles. The lowest BCUT2D eigenvalue weighted by Crippen LogP contribution is -2.33. The third kappa shape index (κ3) is 3.93. The summed E-state index contributed by atoms with van der Waals surface area (Å²) in [4.78, 5) is 11.0. The van der Waals surface area contributed by atoms with E-state index in [1.807, 2.05) is 19.1 Å². The first-order chi connectivity index (χ1) is 6.72. The van der Waals surface area contributed by atoms with Crippen molar-refractivity contribution in [2.75, 3.05) is 13.1 Å². The molecule has 0 saturated carbocycles. The van der Waals surface area contributed by atoms with Gasteiger partial charge in [-0.3, -0.25) is 4.79 Å². The lowest BCUT2D eigenvalue weighted by atomic mass is 10.4. The molecule has 5 heteroatoms. The Hall–Kier alpha value is -0.810. The van der Waals surface area contributed by atoms with Gasteiger partial charge >= 0.3 is 0 Å². The van der Waals surface area contributed by atoms with Gasteiger partial charge in [-0.15, -0.1) is 0 Å². The minimum Gasteiger partial charge on any atom is -0.453 e. The van der Waals surface area contributed by atoms with E-state index >= 15 is 0 Å². The Morgan fingerprint density at radius 3 is 2.93 bits per heavy atom. The Morgan fingerprint density at radius 2 is 2.36 bits per heavy atom. The minimum absolute atomic E-state index is 0.00174. The molecule has 0 atom stereocenters. The van der Waals surface area contributed by atoms with Gasteiger partial charge in [-0.2, -0.15) is 0 Å². The highest BCUT2D eigenvalue weighted by Gasteiger charge is 2.01. The molecule has 0 spiro atoms. The molecule has 0 aliphatic rings. The molecule has 0 fully saturated rings. The van der Waals surface area contributed by atoms with Gasteiger partial charge in [0.05, 0.1) is 13.1 Å². The van der Waals surface area contributed by atoms with E-state index in [0.29, 0.717) is 24.3 Å². The van der Waals surface area contributed by atoms with E-state index in [2.05, 4.69) is 26.6 Å². The molecule has 0 aromatic carbocycles. The Bertz CT molecular complexity index is 299. The lowest BCUT2D eigenvalue weighted by molar-refractivity contribution is -0.120. The van der Waals surface area contributed by atoms with Crippen LogP contribution in [-0.2, 0) is 11.3 Å². The molecule has 0 aliphatic carbocycles. The van der Waals surface area contributed by atoms with Gasteiger partial charge < -0.3 is 15.1 Å². The SMILES string of the molecule is CCNC(=O)CNCc1ccc(Br)o1. The maximum absolute atomic E-state index is 11.0. The average molecular weight is 261 g/mol. The number of halogens is 1. The molecule has 2 N–H and O–H groups in total. The smallest absolute Gasteiger partial charge is 0.233 e. The standard InChI is InChI=1S/C9H13BrN2O2/c1-2-12-9(13)6-11-5-7-3-4-8(10)14-7/h3-4,11H,2,5-6H2,1H3,(H,12,13). The number of amides is 1. The number of rotatable bonds is 5. The van der Waals surface area contributed by atoms with Crippen molar-refractivity contribution >= 4 is 21.8 Å². The molecular formula is C9H13BrN2O2. The molecule has 0 bridgehead atoms. The molecule has 0 radical (unpaired) electrons. The monoisotopic (exact) mass is 260 g/mol. The molecular weight excluding hydrogens is 248 g/mol. The first-order valence-corrected chi connectivity index (χ1v) is 5.23. The van der Waals surface area contributed by atoms with Crippen molar-refractivity contribution in [1.82, 2.24) is 10.6 Å². The van der Waals surface area contributed by atoms with E-state index in [1.54, 1.807) is 0 Å². The third-order valence-corrected chi connectivity index (χ3v) is 2.01. The average Bonchev–Trinajstić information content (AvgIpc) is 2.52. The molecule has 1 rings (SSSR count). The van der Waals surface area contributed by atoms with Gasteiger partial charge in [0.15, 0.2) is 4.67 Å². The maximum atomic E-state index is 11.0. The van der Waals surface area contributed by atoms with E-state index < -0.39 is 0 Å². The molecule has 1 aromatic heterocycles. The van der Waals surface area contributed by atoms with Crippen LogP contribution in [0.5, 0.6) is 0 Å². The zero-order valence-electron chi connectivity index (χ0n) is 7.97. The van der Waals surface area contributed by atoms with Gasteiger partial charge in [0.2, 0.25) is 5.91 Å². The molecule has 1 heterocycles. The normalized spacial score (nSPS) is 10.1. The van der Waals surface area contributed by atoms with Gasteiger partial charge in [0, 0.05) is 6.54 Å². The first-order valence-electron chi connectivity index (χ1n) is 4.44. The molecule has 1 aromatic rings. The number of furan rings is 1. The summed E-state index contributed by atoms with van der Waals surface area (Å²) in [5, 5.41) is 5.67. The zero-order chi connectivity index (χ0) is 10.4. The van der Waals surface area contributed by atoms with Crippen LogP contribution in [0.4, 0.5) is 0 Å². The number of carbonyl (C=O) groups excluding carboxylic acids is 1. The van der Waals surface area contributed by atoms with Crippen LogP contribution in [-0.4, -0.2) is 19.0 Å². The van der Waals surface area contributed by atoms with E-state index in [9.17, 15) is 4.79 Å². The summed E-state index contributed by atoms with van der Waals surface area (Å²) in [6, 6.07) is 3.68. The quantitative estimate of drug-likeness (QED) is 0.839. The van der Waals surface area contributed by atoms with Gasteiger partial charge in [-0.1, -0.05) is 0 Å². The van der Waals surface area contributed by atoms with Gasteiger partial charge in [0.1, 0.15) is 5.76 Å². The maximum Gasteiger partial charge on any atom is 0.233 e. The summed E-state index contributed by atoms with van der Waals surface area (Å²) < 4.78 is 5.95. The second kappa shape index (κ2) is 5.82. The summed E-state index contributed by atoms with van der Waals surface area (Å²) in [7, 11) is 0. The summed E-state index contributed by atoms with van der Waals surface area (Å²) in [6.07, 6.45) is 0. The number of nitrogens with one attached hydrogen (secondary N) is 2. The third-order valence-electron chi connectivity index (χ3n) is 1.59. The Balaban J connectivity index is 2.18. The highest BCUT2D eigenvalue weighted by Crippen LogP contribution is 2.13. The summed E-state index contributed by atoms with van der Waals surface area (Å²) >= 11 is 3.20. The fraction of sp³-hybridized carbons (Fsp3) is 0.444. The van der Waals surface area contributed by atoms with Crippen LogP contribution in [0.1, 0.15) is 12.7 Å². The molecule has 4 nitrogen and oxygen atoms in total. The van der Waals surface area contributed by atoms with Crippen molar-refractivity contribution in [3.8, 4) is 0 Å². The van der Waals surface area contributed by atoms with Crippen molar-refractivity contribution in [1.29, 1.82) is 0 Å². The van der Waals surface area contributed by atoms with Gasteiger partial charge in [-0.05, 0) is 35.0 Å². The second-order valence-corrected chi connectivity index (χ2v) is 3.54.